The van der Waals surface area contributed by atoms with Gasteiger partial charge in [0.2, 0.25) is 5.88 Å². The van der Waals surface area contributed by atoms with Gasteiger partial charge in [0, 0.05) is 23.5 Å². The van der Waals surface area contributed by atoms with Crippen molar-refractivity contribution < 1.29 is 13.9 Å². The molecule has 3 rings (SSSR count). The van der Waals surface area contributed by atoms with E-state index in [0.29, 0.717) is 17.0 Å². The SMILES string of the molecule is O=C(Nc1ccc(Br)cc1F)c1cc2n(n1)CCCO2. The summed E-state index contributed by atoms with van der Waals surface area (Å²) in [7, 11) is 0. The first-order chi connectivity index (χ1) is 9.63. The van der Waals surface area contributed by atoms with Crippen molar-refractivity contribution in [3.05, 3.63) is 40.2 Å². The molecule has 0 fully saturated rings. The second-order valence-corrected chi connectivity index (χ2v) is 5.29. The molecule has 1 aromatic heterocycles. The third-order valence-corrected chi connectivity index (χ3v) is 3.41. The zero-order chi connectivity index (χ0) is 14.1. The van der Waals surface area contributed by atoms with E-state index < -0.39 is 11.7 Å². The number of fused-ring (bicyclic) bond motifs is 1. The quantitative estimate of drug-likeness (QED) is 0.915. The molecule has 5 nitrogen and oxygen atoms in total. The smallest absolute Gasteiger partial charge is 0.276 e. The fourth-order valence-corrected chi connectivity index (χ4v) is 2.29. The summed E-state index contributed by atoms with van der Waals surface area (Å²) in [6.45, 7) is 1.34. The second-order valence-electron chi connectivity index (χ2n) is 4.37. The molecule has 1 aromatic carbocycles. The lowest BCUT2D eigenvalue weighted by Gasteiger charge is -2.13. The third-order valence-electron chi connectivity index (χ3n) is 2.92. The van der Waals surface area contributed by atoms with Gasteiger partial charge in [-0.25, -0.2) is 9.07 Å². The predicted octanol–water partition coefficient (Wildman–Crippen LogP) is 2.82. The molecular weight excluding hydrogens is 329 g/mol. The van der Waals surface area contributed by atoms with E-state index in [2.05, 4.69) is 26.3 Å². The number of carbonyl (C=O) groups excluding carboxylic acids is 1. The molecule has 1 aliphatic heterocycles. The predicted molar refractivity (Wildman–Crippen MR) is 74.4 cm³/mol. The Morgan fingerprint density at radius 2 is 2.30 bits per heavy atom. The highest BCUT2D eigenvalue weighted by atomic mass is 79.9. The lowest BCUT2D eigenvalue weighted by molar-refractivity contribution is 0.102. The number of amides is 1. The highest BCUT2D eigenvalue weighted by Crippen LogP contribution is 2.22. The van der Waals surface area contributed by atoms with Gasteiger partial charge in [0.25, 0.3) is 5.91 Å². The monoisotopic (exact) mass is 339 g/mol. The van der Waals surface area contributed by atoms with Crippen LogP contribution in [0.2, 0.25) is 0 Å². The Kier molecular flexibility index (Phi) is 3.43. The van der Waals surface area contributed by atoms with E-state index in [1.165, 1.54) is 12.1 Å². The molecule has 1 amide bonds. The van der Waals surface area contributed by atoms with Crippen LogP contribution in [0.25, 0.3) is 0 Å². The molecule has 2 aromatic rings. The van der Waals surface area contributed by atoms with Gasteiger partial charge in [-0.15, -0.1) is 0 Å². The molecule has 7 heteroatoms. The van der Waals surface area contributed by atoms with Gasteiger partial charge in [0.1, 0.15) is 5.82 Å². The van der Waals surface area contributed by atoms with Crippen molar-refractivity contribution in [2.75, 3.05) is 11.9 Å². The maximum atomic E-state index is 13.7. The number of ether oxygens (including phenoxy) is 1. The number of benzene rings is 1. The summed E-state index contributed by atoms with van der Waals surface area (Å²) < 4.78 is 21.3. The first-order valence-corrected chi connectivity index (χ1v) is 6.90. The van der Waals surface area contributed by atoms with Crippen LogP contribution in [0.4, 0.5) is 10.1 Å². The summed E-state index contributed by atoms with van der Waals surface area (Å²) in [5.74, 6) is -0.401. The molecule has 0 aliphatic carbocycles. The van der Waals surface area contributed by atoms with Crippen molar-refractivity contribution in [2.45, 2.75) is 13.0 Å². The molecule has 0 saturated carbocycles. The van der Waals surface area contributed by atoms with Crippen molar-refractivity contribution in [2.24, 2.45) is 0 Å². The summed E-state index contributed by atoms with van der Waals surface area (Å²) in [4.78, 5) is 12.0. The Labute approximate surface area is 122 Å². The fraction of sp³-hybridized carbons (Fsp3) is 0.231. The molecule has 0 atom stereocenters. The number of carbonyl (C=O) groups is 1. The highest BCUT2D eigenvalue weighted by molar-refractivity contribution is 9.10. The lowest BCUT2D eigenvalue weighted by Crippen LogP contribution is -2.16. The van der Waals surface area contributed by atoms with Crippen molar-refractivity contribution in [3.8, 4) is 5.88 Å². The topological polar surface area (TPSA) is 56.2 Å². The number of halogens is 2. The van der Waals surface area contributed by atoms with E-state index in [0.717, 1.165) is 13.0 Å². The number of hydrogen-bond acceptors (Lipinski definition) is 3. The standard InChI is InChI=1S/C13H11BrFN3O2/c14-8-2-3-10(9(15)6-8)16-13(19)11-7-12-18(17-11)4-1-5-20-12/h2-3,6-7H,1,4-5H2,(H,16,19). The third kappa shape index (κ3) is 2.53. The van der Waals surface area contributed by atoms with Crippen LogP contribution in [0.5, 0.6) is 5.88 Å². The van der Waals surface area contributed by atoms with Gasteiger partial charge in [-0.1, -0.05) is 15.9 Å². The van der Waals surface area contributed by atoms with Crippen molar-refractivity contribution in [1.29, 1.82) is 0 Å². The van der Waals surface area contributed by atoms with Gasteiger partial charge >= 0.3 is 0 Å². The molecule has 0 saturated heterocycles. The fourth-order valence-electron chi connectivity index (χ4n) is 1.96. The van der Waals surface area contributed by atoms with Gasteiger partial charge < -0.3 is 10.1 Å². The van der Waals surface area contributed by atoms with E-state index in [9.17, 15) is 9.18 Å². The van der Waals surface area contributed by atoms with Gasteiger partial charge in [-0.05, 0) is 18.2 Å². The first kappa shape index (κ1) is 13.1. The summed E-state index contributed by atoms with van der Waals surface area (Å²) in [6, 6.07) is 5.99. The number of nitrogens with one attached hydrogen (secondary N) is 1. The van der Waals surface area contributed by atoms with Gasteiger partial charge in [-0.3, -0.25) is 4.79 Å². The molecule has 104 valence electrons. The van der Waals surface area contributed by atoms with E-state index in [4.69, 9.17) is 4.74 Å². The number of anilines is 1. The van der Waals surface area contributed by atoms with Gasteiger partial charge in [0.15, 0.2) is 5.69 Å². The minimum Gasteiger partial charge on any atom is -0.478 e. The molecule has 1 N–H and O–H groups in total. The Morgan fingerprint density at radius 3 is 3.05 bits per heavy atom. The van der Waals surface area contributed by atoms with Crippen LogP contribution in [-0.4, -0.2) is 22.3 Å². The van der Waals surface area contributed by atoms with E-state index in [1.54, 1.807) is 16.8 Å². The summed E-state index contributed by atoms with van der Waals surface area (Å²) in [5, 5.41) is 6.64. The molecule has 0 radical (unpaired) electrons. The Bertz CT molecular complexity index is 648. The maximum absolute atomic E-state index is 13.7. The van der Waals surface area contributed by atoms with Gasteiger partial charge in [0.05, 0.1) is 12.3 Å². The largest absolute Gasteiger partial charge is 0.478 e. The Morgan fingerprint density at radius 1 is 1.45 bits per heavy atom. The molecule has 2 heterocycles. The zero-order valence-electron chi connectivity index (χ0n) is 10.4. The molecular formula is C13H11BrFN3O2. The van der Waals surface area contributed by atoms with Crippen LogP contribution in [-0.2, 0) is 6.54 Å². The van der Waals surface area contributed by atoms with Crippen molar-refractivity contribution in [1.82, 2.24) is 9.78 Å². The molecule has 0 bridgehead atoms. The van der Waals surface area contributed by atoms with Crippen LogP contribution < -0.4 is 10.1 Å². The first-order valence-electron chi connectivity index (χ1n) is 6.10. The number of aryl methyl sites for hydroxylation is 1. The van der Waals surface area contributed by atoms with Crippen LogP contribution >= 0.6 is 15.9 Å². The van der Waals surface area contributed by atoms with E-state index >= 15 is 0 Å². The summed E-state index contributed by atoms with van der Waals surface area (Å²) in [6.07, 6.45) is 0.858. The maximum Gasteiger partial charge on any atom is 0.276 e. The molecule has 0 spiro atoms. The molecule has 0 unspecified atom stereocenters. The lowest BCUT2D eigenvalue weighted by atomic mass is 10.3. The Hall–Kier alpha value is -1.89. The van der Waals surface area contributed by atoms with Crippen molar-refractivity contribution >= 4 is 27.5 Å². The Balaban J connectivity index is 1.80. The minimum atomic E-state index is -0.507. The average Bonchev–Trinajstić information content (AvgIpc) is 2.86. The minimum absolute atomic E-state index is 0.116. The number of hydrogen-bond donors (Lipinski definition) is 1. The molecule has 20 heavy (non-hydrogen) atoms. The number of nitrogens with zero attached hydrogens (tertiary/aromatic N) is 2. The molecule has 1 aliphatic rings. The zero-order valence-corrected chi connectivity index (χ0v) is 12.0. The summed E-state index contributed by atoms with van der Waals surface area (Å²) in [5.41, 5.74) is 0.328. The van der Waals surface area contributed by atoms with Crippen LogP contribution in [0.3, 0.4) is 0 Å². The van der Waals surface area contributed by atoms with Crippen molar-refractivity contribution in [3.63, 3.8) is 0 Å². The van der Waals surface area contributed by atoms with Crippen LogP contribution in [0.1, 0.15) is 16.9 Å². The van der Waals surface area contributed by atoms with E-state index in [1.807, 2.05) is 0 Å². The van der Waals surface area contributed by atoms with Crippen LogP contribution in [0.15, 0.2) is 28.7 Å². The highest BCUT2D eigenvalue weighted by Gasteiger charge is 2.18. The number of rotatable bonds is 2. The second kappa shape index (κ2) is 5.24. The summed E-state index contributed by atoms with van der Waals surface area (Å²) >= 11 is 3.16. The van der Waals surface area contributed by atoms with Gasteiger partial charge in [-0.2, -0.15) is 5.10 Å². The van der Waals surface area contributed by atoms with Crippen LogP contribution in [0, 0.1) is 5.82 Å². The normalized spacial score (nSPS) is 13.5. The number of aromatic nitrogens is 2. The average molecular weight is 340 g/mol. The van der Waals surface area contributed by atoms with E-state index in [-0.39, 0.29) is 11.4 Å².